The first-order chi connectivity index (χ1) is 16.9. The van der Waals surface area contributed by atoms with Crippen LogP contribution in [0.1, 0.15) is 17.0 Å². The molecule has 0 bridgehead atoms. The van der Waals surface area contributed by atoms with Crippen LogP contribution in [0.15, 0.2) is 73.1 Å². The molecule has 1 atom stereocenters. The number of hydrogen-bond donors (Lipinski definition) is 1. The quantitative estimate of drug-likeness (QED) is 0.308. The third-order valence-electron chi connectivity index (χ3n) is 6.06. The zero-order valence-corrected chi connectivity index (χ0v) is 21.3. The van der Waals surface area contributed by atoms with Gasteiger partial charge in [0.2, 0.25) is 0 Å². The van der Waals surface area contributed by atoms with E-state index in [0.29, 0.717) is 22.3 Å². The first kappa shape index (κ1) is 22.0. The molecular weight excluding hydrogens is 577 g/mol. The molecule has 9 nitrogen and oxygen atoms in total. The van der Waals surface area contributed by atoms with Crippen molar-refractivity contribution < 1.29 is 0 Å². The number of nitrogens with zero attached hydrogens (tertiary/aromatic N) is 8. The zero-order valence-electron chi connectivity index (χ0n) is 18.3. The van der Waals surface area contributed by atoms with Crippen LogP contribution in [0.25, 0.3) is 27.9 Å². The monoisotopic (exact) mass is 593 g/mol. The molecule has 35 heavy (non-hydrogen) atoms. The standard InChI is InChI=1S/C24H17ClIN9/c1-34-13-28-30-22(34)24(27,15-5-8-18(26)9-6-15)16-7-10-20-19(12-16)21(14-3-2-4-17(25)11-14)29-23-31-32-33-35(20)23/h2-13H,27H2,1H3. The molecule has 0 radical (unpaired) electrons. The summed E-state index contributed by atoms with van der Waals surface area (Å²) in [6.45, 7) is 0. The summed E-state index contributed by atoms with van der Waals surface area (Å²) in [5.41, 5.74) is 10.2. The van der Waals surface area contributed by atoms with Crippen molar-refractivity contribution in [2.45, 2.75) is 5.54 Å². The minimum Gasteiger partial charge on any atom is -0.319 e. The summed E-state index contributed by atoms with van der Waals surface area (Å²) < 4.78 is 4.56. The summed E-state index contributed by atoms with van der Waals surface area (Å²) in [6, 6.07) is 21.6. The van der Waals surface area contributed by atoms with Gasteiger partial charge in [-0.05, 0) is 80.5 Å². The third kappa shape index (κ3) is 3.56. The molecule has 3 heterocycles. The van der Waals surface area contributed by atoms with E-state index >= 15 is 0 Å². The van der Waals surface area contributed by atoms with Crippen LogP contribution in [0.4, 0.5) is 0 Å². The highest BCUT2D eigenvalue weighted by atomic mass is 127. The summed E-state index contributed by atoms with van der Waals surface area (Å²) in [4.78, 5) is 4.76. The molecule has 2 N–H and O–H groups in total. The minimum absolute atomic E-state index is 0.394. The van der Waals surface area contributed by atoms with E-state index in [2.05, 4.69) is 48.3 Å². The van der Waals surface area contributed by atoms with Crippen molar-refractivity contribution in [3.63, 3.8) is 0 Å². The molecule has 0 spiro atoms. The van der Waals surface area contributed by atoms with Crippen LogP contribution in [-0.4, -0.2) is 39.8 Å². The van der Waals surface area contributed by atoms with Crippen LogP contribution in [0, 0.1) is 3.57 Å². The molecule has 172 valence electrons. The Balaban J connectivity index is 1.68. The summed E-state index contributed by atoms with van der Waals surface area (Å²) in [7, 11) is 1.88. The lowest BCUT2D eigenvalue weighted by atomic mass is 9.82. The van der Waals surface area contributed by atoms with Gasteiger partial charge in [-0.15, -0.1) is 10.2 Å². The van der Waals surface area contributed by atoms with Gasteiger partial charge in [0.25, 0.3) is 5.78 Å². The van der Waals surface area contributed by atoms with Crippen molar-refractivity contribution >= 4 is 50.9 Å². The van der Waals surface area contributed by atoms with E-state index in [1.807, 2.05) is 78.3 Å². The number of hydrogen-bond acceptors (Lipinski definition) is 7. The molecule has 0 aliphatic heterocycles. The van der Waals surface area contributed by atoms with E-state index in [9.17, 15) is 0 Å². The van der Waals surface area contributed by atoms with Gasteiger partial charge in [-0.2, -0.15) is 4.52 Å². The van der Waals surface area contributed by atoms with E-state index in [1.54, 1.807) is 10.8 Å². The molecule has 3 aromatic heterocycles. The Labute approximate surface area is 218 Å². The smallest absolute Gasteiger partial charge is 0.274 e. The van der Waals surface area contributed by atoms with E-state index in [4.69, 9.17) is 22.3 Å². The number of aryl methyl sites for hydroxylation is 1. The van der Waals surface area contributed by atoms with Crippen LogP contribution in [0.5, 0.6) is 0 Å². The normalized spacial score (nSPS) is 13.4. The van der Waals surface area contributed by atoms with Gasteiger partial charge >= 0.3 is 0 Å². The van der Waals surface area contributed by atoms with Gasteiger partial charge in [0, 0.05) is 26.6 Å². The second-order valence-corrected chi connectivity index (χ2v) is 9.86. The van der Waals surface area contributed by atoms with Gasteiger partial charge < -0.3 is 10.3 Å². The fourth-order valence-corrected chi connectivity index (χ4v) is 4.91. The fraction of sp³-hybridized carbons (Fsp3) is 0.0833. The van der Waals surface area contributed by atoms with Gasteiger partial charge in [0.15, 0.2) is 5.82 Å². The van der Waals surface area contributed by atoms with Crippen molar-refractivity contribution in [1.82, 2.24) is 39.8 Å². The number of tetrazole rings is 1. The van der Waals surface area contributed by atoms with Gasteiger partial charge in [-0.1, -0.05) is 47.0 Å². The minimum atomic E-state index is -1.08. The first-order valence-electron chi connectivity index (χ1n) is 10.6. The van der Waals surface area contributed by atoms with Crippen molar-refractivity contribution in [2.75, 3.05) is 0 Å². The lowest BCUT2D eigenvalue weighted by Crippen LogP contribution is -2.41. The van der Waals surface area contributed by atoms with Crippen molar-refractivity contribution in [3.8, 4) is 11.3 Å². The lowest BCUT2D eigenvalue weighted by Gasteiger charge is -2.30. The van der Waals surface area contributed by atoms with Crippen LogP contribution >= 0.6 is 34.2 Å². The number of fused-ring (bicyclic) bond motifs is 3. The SMILES string of the molecule is Cn1cnnc1C(N)(c1ccc(I)cc1)c1ccc2c(c1)c(-c1cccc(Cl)c1)nc1nnnn12. The molecule has 0 aliphatic carbocycles. The lowest BCUT2D eigenvalue weighted by molar-refractivity contribution is 0.571. The van der Waals surface area contributed by atoms with Gasteiger partial charge in [-0.25, -0.2) is 4.98 Å². The predicted molar refractivity (Wildman–Crippen MR) is 141 cm³/mol. The van der Waals surface area contributed by atoms with Crippen LogP contribution < -0.4 is 5.73 Å². The first-order valence-corrected chi connectivity index (χ1v) is 12.1. The molecule has 11 heteroatoms. The predicted octanol–water partition coefficient (Wildman–Crippen LogP) is 3.98. The summed E-state index contributed by atoms with van der Waals surface area (Å²) in [5.74, 6) is 1.00. The maximum atomic E-state index is 7.24. The number of benzene rings is 3. The highest BCUT2D eigenvalue weighted by molar-refractivity contribution is 14.1. The molecule has 1 unspecified atom stereocenters. The van der Waals surface area contributed by atoms with Crippen molar-refractivity contribution in [3.05, 3.63) is 98.6 Å². The molecule has 6 aromatic rings. The average Bonchev–Trinajstić information content (AvgIpc) is 3.52. The average molecular weight is 594 g/mol. The van der Waals surface area contributed by atoms with Gasteiger partial charge in [0.05, 0.1) is 11.2 Å². The van der Waals surface area contributed by atoms with E-state index in [1.165, 1.54) is 0 Å². The maximum absolute atomic E-state index is 7.24. The topological polar surface area (TPSA) is 113 Å². The Morgan fingerprint density at radius 1 is 0.971 bits per heavy atom. The Kier molecular flexibility index (Phi) is 5.24. The Morgan fingerprint density at radius 2 is 1.77 bits per heavy atom. The van der Waals surface area contributed by atoms with Crippen LogP contribution in [-0.2, 0) is 12.6 Å². The largest absolute Gasteiger partial charge is 0.319 e. The third-order valence-corrected chi connectivity index (χ3v) is 7.02. The van der Waals surface area contributed by atoms with Gasteiger partial charge in [0.1, 0.15) is 11.9 Å². The zero-order chi connectivity index (χ0) is 24.2. The summed E-state index contributed by atoms with van der Waals surface area (Å²) >= 11 is 8.59. The number of rotatable bonds is 4. The van der Waals surface area contributed by atoms with E-state index < -0.39 is 5.54 Å². The van der Waals surface area contributed by atoms with E-state index in [-0.39, 0.29) is 0 Å². The molecule has 0 amide bonds. The molecule has 0 saturated carbocycles. The fourth-order valence-electron chi connectivity index (χ4n) is 4.36. The Bertz CT molecular complexity index is 1710. The molecule has 3 aromatic carbocycles. The molecular formula is C24H17ClIN9. The van der Waals surface area contributed by atoms with Crippen LogP contribution in [0.2, 0.25) is 5.02 Å². The number of aromatic nitrogens is 8. The highest BCUT2D eigenvalue weighted by Gasteiger charge is 2.37. The summed E-state index contributed by atoms with van der Waals surface area (Å²) in [6.07, 6.45) is 1.65. The van der Waals surface area contributed by atoms with E-state index in [0.717, 1.165) is 31.2 Å². The van der Waals surface area contributed by atoms with Crippen molar-refractivity contribution in [2.24, 2.45) is 12.8 Å². The van der Waals surface area contributed by atoms with Crippen LogP contribution in [0.3, 0.4) is 0 Å². The highest BCUT2D eigenvalue weighted by Crippen LogP contribution is 2.37. The second kappa shape index (κ2) is 8.33. The molecule has 0 fully saturated rings. The Morgan fingerprint density at radius 3 is 2.51 bits per heavy atom. The molecule has 6 rings (SSSR count). The van der Waals surface area contributed by atoms with Crippen molar-refractivity contribution in [1.29, 1.82) is 0 Å². The summed E-state index contributed by atoms with van der Waals surface area (Å²) in [5, 5.41) is 21.9. The molecule has 0 aliphatic rings. The van der Waals surface area contributed by atoms with Gasteiger partial charge in [-0.3, -0.25) is 0 Å². The maximum Gasteiger partial charge on any atom is 0.274 e. The number of nitrogens with two attached hydrogens (primary N) is 1. The Hall–Kier alpha value is -3.48. The second-order valence-electron chi connectivity index (χ2n) is 8.17. The molecule has 0 saturated heterocycles. The number of halogens is 2.